The molecule has 5 rings (SSSR count). The summed E-state index contributed by atoms with van der Waals surface area (Å²) in [7, 11) is 1.45. The van der Waals surface area contributed by atoms with E-state index >= 15 is 0 Å². The highest BCUT2D eigenvalue weighted by atomic mass is 16.6. The van der Waals surface area contributed by atoms with Crippen molar-refractivity contribution in [1.29, 1.82) is 0 Å². The molecule has 0 bridgehead atoms. The van der Waals surface area contributed by atoms with Crippen LogP contribution >= 0.6 is 0 Å². The molecule has 5 aliphatic rings. The zero-order valence-electron chi connectivity index (χ0n) is 33.2. The number of amides is 1. The van der Waals surface area contributed by atoms with Crippen molar-refractivity contribution in [2.24, 2.45) is 46.3 Å². The number of carbonyl (C=O) groups excluding carboxylic acids is 3. The van der Waals surface area contributed by atoms with Crippen LogP contribution in [0.1, 0.15) is 118 Å². The van der Waals surface area contributed by atoms with Crippen molar-refractivity contribution in [2.75, 3.05) is 39.9 Å². The molecule has 3 fully saturated rings. The lowest BCUT2D eigenvalue weighted by atomic mass is 9.47. The van der Waals surface area contributed by atoms with E-state index in [1.807, 2.05) is 0 Å². The van der Waals surface area contributed by atoms with Gasteiger partial charge in [-0.15, -0.1) is 0 Å². The average Bonchev–Trinajstić information content (AvgIpc) is 3.60. The van der Waals surface area contributed by atoms with Gasteiger partial charge < -0.3 is 39.7 Å². The highest BCUT2D eigenvalue weighted by Gasteiger charge is 2.59. The molecule has 1 heterocycles. The van der Waals surface area contributed by atoms with Gasteiger partial charge >= 0.3 is 11.9 Å². The average molecular weight is 745 g/mol. The van der Waals surface area contributed by atoms with Crippen LogP contribution in [0.25, 0.3) is 0 Å². The maximum Gasteiger partial charge on any atom is 0.377 e. The quantitative estimate of drug-likeness (QED) is 0.0705. The zero-order chi connectivity index (χ0) is 38.5. The highest BCUT2D eigenvalue weighted by molar-refractivity contribution is 5.89. The van der Waals surface area contributed by atoms with Gasteiger partial charge in [-0.2, -0.15) is 0 Å². The van der Waals surface area contributed by atoms with Crippen molar-refractivity contribution < 1.29 is 43.9 Å². The first-order valence-electron chi connectivity index (χ1n) is 20.6. The number of rotatable bonds is 18. The van der Waals surface area contributed by atoms with Gasteiger partial charge in [-0.3, -0.25) is 9.59 Å². The number of hydrogen-bond acceptors (Lipinski definition) is 10. The summed E-state index contributed by atoms with van der Waals surface area (Å²) in [5.41, 5.74) is 2.14. The number of methoxy groups -OCH3 is 1. The molecule has 11 heteroatoms. The van der Waals surface area contributed by atoms with Crippen LogP contribution in [0.2, 0.25) is 0 Å². The van der Waals surface area contributed by atoms with Crippen molar-refractivity contribution in [1.82, 2.24) is 10.2 Å². The Morgan fingerprint density at radius 1 is 1.04 bits per heavy atom. The van der Waals surface area contributed by atoms with Crippen LogP contribution in [0.3, 0.4) is 0 Å². The number of esters is 2. The minimum absolute atomic E-state index is 0.00964. The lowest BCUT2D eigenvalue weighted by molar-refractivity contribution is -0.152. The van der Waals surface area contributed by atoms with E-state index < -0.39 is 29.7 Å². The van der Waals surface area contributed by atoms with Crippen LogP contribution in [-0.4, -0.2) is 96.3 Å². The number of ether oxygens (including phenoxy) is 3. The van der Waals surface area contributed by atoms with Gasteiger partial charge in [-0.25, -0.2) is 4.79 Å². The van der Waals surface area contributed by atoms with Gasteiger partial charge in [0.15, 0.2) is 11.9 Å². The number of aliphatic hydroxyl groups excluding tert-OH is 3. The number of aliphatic hydroxyl groups is 3. The van der Waals surface area contributed by atoms with E-state index in [1.54, 1.807) is 4.90 Å². The van der Waals surface area contributed by atoms with E-state index in [-0.39, 0.29) is 49.5 Å². The van der Waals surface area contributed by atoms with Gasteiger partial charge in [0.25, 0.3) is 0 Å². The Bertz CT molecular complexity index is 1360. The summed E-state index contributed by atoms with van der Waals surface area (Å²) < 4.78 is 15.9. The Labute approximate surface area is 317 Å². The number of fused-ring (bicyclic) bond motifs is 5. The lowest BCUT2D eigenvalue weighted by Crippen LogP contribution is -2.51. The third-order valence-electron chi connectivity index (χ3n) is 14.2. The molecule has 300 valence electrons. The van der Waals surface area contributed by atoms with Crippen LogP contribution < -0.4 is 5.32 Å². The molecule has 0 saturated heterocycles. The third kappa shape index (κ3) is 9.26. The largest absolute Gasteiger partial charge is 0.505 e. The van der Waals surface area contributed by atoms with Crippen LogP contribution in [0, 0.1) is 46.3 Å². The van der Waals surface area contributed by atoms with Crippen molar-refractivity contribution in [3.63, 3.8) is 0 Å². The number of nitrogens with one attached hydrogen (secondary N) is 1. The molecule has 0 aromatic rings. The molecule has 0 aromatic carbocycles. The van der Waals surface area contributed by atoms with E-state index in [4.69, 9.17) is 14.2 Å². The number of nitrogens with zero attached hydrogens (tertiary/aromatic N) is 1. The third-order valence-corrected chi connectivity index (χ3v) is 14.2. The van der Waals surface area contributed by atoms with Crippen molar-refractivity contribution >= 4 is 17.8 Å². The van der Waals surface area contributed by atoms with E-state index in [2.05, 4.69) is 46.0 Å². The molecule has 4 aliphatic carbocycles. The standard InChI is InChI=1S/C42H68N2O9/c1-26(2)9-7-10-27(3)31-13-14-32-30-12-11-28-23-29(15-18-41(28,4)33(30)16-19-42(31,32)5)52-36(47)17-22-44(35(46)25-51-6)21-8-20-43-24-34(45)39-37(48)38(49)40(50)53-39/h11,26-27,29-34,39,43,45,48-49H,7-10,12-25H2,1-6H3/t27-,29?,30+,31-,32+,33+,34+,39-,41+,42-/m1/s1. The van der Waals surface area contributed by atoms with E-state index in [0.717, 1.165) is 55.3 Å². The van der Waals surface area contributed by atoms with Gasteiger partial charge in [0, 0.05) is 33.2 Å². The first-order chi connectivity index (χ1) is 25.2. The topological polar surface area (TPSA) is 155 Å². The van der Waals surface area contributed by atoms with Gasteiger partial charge in [0.2, 0.25) is 11.7 Å². The van der Waals surface area contributed by atoms with Crippen LogP contribution in [0.15, 0.2) is 23.2 Å². The summed E-state index contributed by atoms with van der Waals surface area (Å²) in [5.74, 6) is 1.55. The van der Waals surface area contributed by atoms with Gasteiger partial charge in [0.05, 0.1) is 6.42 Å². The molecular weight excluding hydrogens is 676 g/mol. The summed E-state index contributed by atoms with van der Waals surface area (Å²) in [4.78, 5) is 38.9. The fourth-order valence-corrected chi connectivity index (χ4v) is 11.3. The molecular formula is C42H68N2O9. The van der Waals surface area contributed by atoms with E-state index in [1.165, 1.54) is 57.6 Å². The van der Waals surface area contributed by atoms with Crippen LogP contribution in [-0.2, 0) is 28.6 Å². The smallest absolute Gasteiger partial charge is 0.377 e. The fraction of sp³-hybridized carbons (Fsp3) is 0.833. The van der Waals surface area contributed by atoms with Crippen LogP contribution in [0.4, 0.5) is 0 Å². The predicted octanol–water partition coefficient (Wildman–Crippen LogP) is 6.40. The molecule has 4 N–H and O–H groups in total. The second-order valence-corrected chi connectivity index (χ2v) is 17.9. The number of allylic oxidation sites excluding steroid dienone is 1. The Kier molecular flexibility index (Phi) is 14.0. The van der Waals surface area contributed by atoms with Gasteiger partial charge in [0.1, 0.15) is 18.8 Å². The Balaban J connectivity index is 1.08. The molecule has 10 atom stereocenters. The summed E-state index contributed by atoms with van der Waals surface area (Å²) in [6.45, 7) is 13.2. The molecule has 11 nitrogen and oxygen atoms in total. The zero-order valence-corrected chi connectivity index (χ0v) is 33.2. The molecule has 1 unspecified atom stereocenters. The fourth-order valence-electron chi connectivity index (χ4n) is 11.3. The van der Waals surface area contributed by atoms with Gasteiger partial charge in [-0.05, 0) is 104 Å². The normalized spacial score (nSPS) is 33.4. The maximum absolute atomic E-state index is 13.1. The van der Waals surface area contributed by atoms with Crippen LogP contribution in [0.5, 0.6) is 0 Å². The van der Waals surface area contributed by atoms with E-state index in [9.17, 15) is 29.7 Å². The predicted molar refractivity (Wildman–Crippen MR) is 202 cm³/mol. The molecule has 0 radical (unpaired) electrons. The van der Waals surface area contributed by atoms with Crippen molar-refractivity contribution in [2.45, 2.75) is 136 Å². The molecule has 0 aromatic heterocycles. The molecule has 3 saturated carbocycles. The number of hydrogen-bond donors (Lipinski definition) is 4. The minimum atomic E-state index is -1.33. The molecule has 1 amide bonds. The Hall–Kier alpha value is -2.63. The maximum atomic E-state index is 13.1. The molecule has 1 aliphatic heterocycles. The second kappa shape index (κ2) is 17.9. The summed E-state index contributed by atoms with van der Waals surface area (Å²) >= 11 is 0. The Morgan fingerprint density at radius 2 is 1.81 bits per heavy atom. The monoisotopic (exact) mass is 744 g/mol. The summed E-state index contributed by atoms with van der Waals surface area (Å²) in [6.07, 6.45) is 13.8. The Morgan fingerprint density at radius 3 is 2.51 bits per heavy atom. The molecule has 53 heavy (non-hydrogen) atoms. The minimum Gasteiger partial charge on any atom is -0.505 e. The molecule has 0 spiro atoms. The van der Waals surface area contributed by atoms with Gasteiger partial charge in [-0.1, -0.05) is 65.5 Å². The van der Waals surface area contributed by atoms with Crippen molar-refractivity contribution in [3.8, 4) is 0 Å². The van der Waals surface area contributed by atoms with Crippen molar-refractivity contribution in [3.05, 3.63) is 23.2 Å². The second-order valence-electron chi connectivity index (χ2n) is 17.9. The summed E-state index contributed by atoms with van der Waals surface area (Å²) in [5, 5.41) is 32.5. The SMILES string of the molecule is COCC(=O)N(CCCNC[C@H](O)[C@H]1OC(=O)C(O)=C1O)CCC(=O)OC1CC[C@@]2(C)C(=CC[C@H]3[C@@H]4CC[C@H]([C@H](C)CCCC(C)C)[C@@]4(C)CC[C@@H]32)C1. The number of carbonyl (C=O) groups is 3. The first-order valence-corrected chi connectivity index (χ1v) is 20.6. The van der Waals surface area contributed by atoms with E-state index in [0.29, 0.717) is 30.8 Å². The first kappa shape index (κ1) is 41.5. The highest BCUT2D eigenvalue weighted by Crippen LogP contribution is 2.67. The summed E-state index contributed by atoms with van der Waals surface area (Å²) in [6, 6.07) is 0. The number of cyclic esters (lactones) is 1. The lowest BCUT2D eigenvalue weighted by Gasteiger charge is -2.58.